The van der Waals surface area contributed by atoms with Crippen LogP contribution in [0.25, 0.3) is 11.4 Å². The van der Waals surface area contributed by atoms with Gasteiger partial charge >= 0.3 is 0 Å². The molecule has 0 fully saturated rings. The van der Waals surface area contributed by atoms with Crippen LogP contribution in [0, 0.1) is 6.92 Å². The molecule has 0 aliphatic carbocycles. The van der Waals surface area contributed by atoms with Crippen LogP contribution in [0.15, 0.2) is 42.0 Å². The first-order chi connectivity index (χ1) is 10.7. The fourth-order valence-corrected chi connectivity index (χ4v) is 2.60. The van der Waals surface area contributed by atoms with Crippen LogP contribution in [-0.2, 0) is 0 Å². The molecule has 0 radical (unpaired) electrons. The van der Waals surface area contributed by atoms with Gasteiger partial charge in [-0.2, -0.15) is 0 Å². The Morgan fingerprint density at radius 3 is 2.68 bits per heavy atom. The second kappa shape index (κ2) is 6.53. The number of aryl methyl sites for hydroxylation is 1. The quantitative estimate of drug-likeness (QED) is 0.770. The van der Waals surface area contributed by atoms with E-state index in [0.29, 0.717) is 6.61 Å². The molecule has 0 aromatic carbocycles. The van der Waals surface area contributed by atoms with Gasteiger partial charge in [-0.3, -0.25) is 4.98 Å². The van der Waals surface area contributed by atoms with E-state index in [-0.39, 0.29) is 0 Å². The molecule has 0 saturated carbocycles. The van der Waals surface area contributed by atoms with Gasteiger partial charge in [0.15, 0.2) is 5.13 Å². The number of aromatic nitrogens is 3. The maximum atomic E-state index is 5.39. The van der Waals surface area contributed by atoms with Crippen LogP contribution in [0.2, 0.25) is 0 Å². The first-order valence-corrected chi connectivity index (χ1v) is 7.87. The lowest BCUT2D eigenvalue weighted by molar-refractivity contribution is 0.339. The van der Waals surface area contributed by atoms with Crippen molar-refractivity contribution in [3.63, 3.8) is 0 Å². The Hall–Kier alpha value is -2.47. The summed E-state index contributed by atoms with van der Waals surface area (Å²) < 4.78 is 5.39. The summed E-state index contributed by atoms with van der Waals surface area (Å²) in [6.07, 6.45) is 3.54. The summed E-state index contributed by atoms with van der Waals surface area (Å²) in [4.78, 5) is 13.2. The minimum atomic E-state index is 0.634. The molecule has 3 aromatic heterocycles. The third kappa shape index (κ3) is 3.40. The van der Waals surface area contributed by atoms with Gasteiger partial charge in [0, 0.05) is 11.6 Å². The third-order valence-electron chi connectivity index (χ3n) is 2.96. The second-order valence-electron chi connectivity index (χ2n) is 4.70. The van der Waals surface area contributed by atoms with E-state index in [4.69, 9.17) is 4.74 Å². The van der Waals surface area contributed by atoms with E-state index >= 15 is 0 Å². The fraction of sp³-hybridized carbons (Fsp3) is 0.188. The molecule has 112 valence electrons. The van der Waals surface area contributed by atoms with Gasteiger partial charge in [0.1, 0.15) is 17.3 Å². The van der Waals surface area contributed by atoms with Gasteiger partial charge in [0.25, 0.3) is 0 Å². The van der Waals surface area contributed by atoms with Gasteiger partial charge in [0.2, 0.25) is 0 Å². The average Bonchev–Trinajstić information content (AvgIpc) is 2.99. The Morgan fingerprint density at radius 2 is 2.00 bits per heavy atom. The highest BCUT2D eigenvalue weighted by Crippen LogP contribution is 2.26. The van der Waals surface area contributed by atoms with Crippen molar-refractivity contribution < 1.29 is 4.74 Å². The van der Waals surface area contributed by atoms with Crippen molar-refractivity contribution in [3.8, 4) is 17.1 Å². The number of pyridine rings is 2. The molecule has 0 unspecified atom stereocenters. The summed E-state index contributed by atoms with van der Waals surface area (Å²) in [7, 11) is 0. The average molecular weight is 312 g/mol. The van der Waals surface area contributed by atoms with E-state index in [9.17, 15) is 0 Å². The van der Waals surface area contributed by atoms with Crippen LogP contribution < -0.4 is 10.1 Å². The molecule has 1 N–H and O–H groups in total. The number of anilines is 2. The number of nitrogens with one attached hydrogen (secondary N) is 1. The molecule has 5 nitrogen and oxygen atoms in total. The molecular formula is C16H16N4OS. The Bertz CT molecular complexity index is 738. The Labute approximate surface area is 133 Å². The molecule has 0 saturated heterocycles. The van der Waals surface area contributed by atoms with Crippen molar-refractivity contribution in [1.82, 2.24) is 15.0 Å². The molecule has 3 rings (SSSR count). The summed E-state index contributed by atoms with van der Waals surface area (Å²) in [6, 6.07) is 7.76. The van der Waals surface area contributed by atoms with Crippen LogP contribution in [0.4, 0.5) is 10.9 Å². The minimum Gasteiger partial charge on any atom is -0.492 e. The molecule has 0 bridgehead atoms. The van der Waals surface area contributed by atoms with Gasteiger partial charge < -0.3 is 10.1 Å². The number of ether oxygens (including phenoxy) is 1. The molecule has 3 heterocycles. The van der Waals surface area contributed by atoms with Gasteiger partial charge in [0.05, 0.1) is 18.5 Å². The molecule has 0 atom stereocenters. The zero-order chi connectivity index (χ0) is 15.4. The maximum Gasteiger partial charge on any atom is 0.188 e. The molecule has 0 aliphatic rings. The molecule has 6 heteroatoms. The van der Waals surface area contributed by atoms with E-state index in [1.807, 2.05) is 49.7 Å². The standard InChI is InChI=1S/C16H16N4OS/c1-3-21-12-5-6-13(17-9-12)14-10-22-16(19-14)20-15-7-4-11(2)8-18-15/h4-10H,3H2,1-2H3,(H,18,19,20). The van der Waals surface area contributed by atoms with Gasteiger partial charge in [-0.05, 0) is 37.6 Å². The van der Waals surface area contributed by atoms with Crippen molar-refractivity contribution in [3.05, 3.63) is 47.6 Å². The van der Waals surface area contributed by atoms with Crippen LogP contribution in [0.1, 0.15) is 12.5 Å². The van der Waals surface area contributed by atoms with Gasteiger partial charge in [-0.25, -0.2) is 9.97 Å². The lowest BCUT2D eigenvalue weighted by Gasteiger charge is -2.03. The Morgan fingerprint density at radius 1 is 1.09 bits per heavy atom. The lowest BCUT2D eigenvalue weighted by Crippen LogP contribution is -1.94. The first-order valence-electron chi connectivity index (χ1n) is 6.99. The predicted octanol–water partition coefficient (Wildman–Crippen LogP) is 4.05. The number of nitrogens with zero attached hydrogens (tertiary/aromatic N) is 3. The number of hydrogen-bond acceptors (Lipinski definition) is 6. The largest absolute Gasteiger partial charge is 0.492 e. The van der Waals surface area contributed by atoms with Crippen LogP contribution in [0.3, 0.4) is 0 Å². The fourth-order valence-electron chi connectivity index (χ4n) is 1.88. The second-order valence-corrected chi connectivity index (χ2v) is 5.55. The number of thiazole rings is 1. The predicted molar refractivity (Wildman–Crippen MR) is 88.8 cm³/mol. The third-order valence-corrected chi connectivity index (χ3v) is 3.72. The van der Waals surface area contributed by atoms with E-state index in [1.54, 1.807) is 6.20 Å². The van der Waals surface area contributed by atoms with Gasteiger partial charge in [-0.1, -0.05) is 6.07 Å². The molecule has 0 amide bonds. The zero-order valence-electron chi connectivity index (χ0n) is 12.4. The molecular weight excluding hydrogens is 296 g/mol. The minimum absolute atomic E-state index is 0.634. The highest BCUT2D eigenvalue weighted by atomic mass is 32.1. The highest BCUT2D eigenvalue weighted by molar-refractivity contribution is 7.14. The molecule has 0 spiro atoms. The molecule has 3 aromatic rings. The summed E-state index contributed by atoms with van der Waals surface area (Å²) in [6.45, 7) is 4.59. The Kier molecular flexibility index (Phi) is 4.29. The van der Waals surface area contributed by atoms with Crippen molar-refractivity contribution in [1.29, 1.82) is 0 Å². The number of hydrogen-bond donors (Lipinski definition) is 1. The van der Waals surface area contributed by atoms with Crippen LogP contribution >= 0.6 is 11.3 Å². The summed E-state index contributed by atoms with van der Waals surface area (Å²) >= 11 is 1.52. The SMILES string of the molecule is CCOc1ccc(-c2csc(Nc3ccc(C)cn3)n2)nc1. The van der Waals surface area contributed by atoms with E-state index in [1.165, 1.54) is 11.3 Å². The smallest absolute Gasteiger partial charge is 0.188 e. The van der Waals surface area contributed by atoms with Crippen molar-refractivity contribution in [2.24, 2.45) is 0 Å². The first kappa shape index (κ1) is 14.5. The maximum absolute atomic E-state index is 5.39. The van der Waals surface area contributed by atoms with Crippen molar-refractivity contribution in [2.75, 3.05) is 11.9 Å². The van der Waals surface area contributed by atoms with Crippen molar-refractivity contribution in [2.45, 2.75) is 13.8 Å². The summed E-state index contributed by atoms with van der Waals surface area (Å²) in [5.74, 6) is 1.55. The summed E-state index contributed by atoms with van der Waals surface area (Å²) in [5, 5.41) is 5.96. The Balaban J connectivity index is 1.74. The topological polar surface area (TPSA) is 59.9 Å². The lowest BCUT2D eigenvalue weighted by atomic mass is 10.3. The van der Waals surface area contributed by atoms with Crippen LogP contribution in [-0.4, -0.2) is 21.6 Å². The molecule has 22 heavy (non-hydrogen) atoms. The van der Waals surface area contributed by atoms with E-state index in [0.717, 1.165) is 33.7 Å². The zero-order valence-corrected chi connectivity index (χ0v) is 13.2. The summed E-state index contributed by atoms with van der Waals surface area (Å²) in [5.41, 5.74) is 2.79. The van der Waals surface area contributed by atoms with Crippen LogP contribution in [0.5, 0.6) is 5.75 Å². The normalized spacial score (nSPS) is 10.5. The van der Waals surface area contributed by atoms with Crippen molar-refractivity contribution >= 4 is 22.3 Å². The number of rotatable bonds is 5. The van der Waals surface area contributed by atoms with Gasteiger partial charge in [-0.15, -0.1) is 11.3 Å². The highest BCUT2D eigenvalue weighted by Gasteiger charge is 2.07. The van der Waals surface area contributed by atoms with E-state index < -0.39 is 0 Å². The molecule has 0 aliphatic heterocycles. The monoisotopic (exact) mass is 312 g/mol. The van der Waals surface area contributed by atoms with E-state index in [2.05, 4.69) is 20.3 Å².